The lowest BCUT2D eigenvalue weighted by Gasteiger charge is -2.29. The number of anilines is 1. The van der Waals surface area contributed by atoms with Gasteiger partial charge in [0.1, 0.15) is 12.0 Å². The van der Waals surface area contributed by atoms with Crippen molar-refractivity contribution in [1.29, 1.82) is 5.26 Å². The molecule has 1 amide bonds. The fraction of sp³-hybridized carbons (Fsp3) is 0.250. The van der Waals surface area contributed by atoms with Gasteiger partial charge in [0.05, 0.1) is 17.7 Å². The topological polar surface area (TPSA) is 82.5 Å². The molecule has 0 aliphatic carbocycles. The summed E-state index contributed by atoms with van der Waals surface area (Å²) in [6.45, 7) is 0. The molecule has 2 aliphatic rings. The number of amides is 1. The highest BCUT2D eigenvalue weighted by Crippen LogP contribution is 2.36. The van der Waals surface area contributed by atoms with Crippen molar-refractivity contribution in [3.05, 3.63) is 29.8 Å². The smallest absolute Gasteiger partial charge is 0.230 e. The molecule has 17 heavy (non-hydrogen) atoms. The van der Waals surface area contributed by atoms with E-state index < -0.39 is 12.1 Å². The van der Waals surface area contributed by atoms with Gasteiger partial charge in [0, 0.05) is 12.0 Å². The predicted octanol–water partition coefficient (Wildman–Crippen LogP) is 0.608. The lowest BCUT2D eigenvalue weighted by molar-refractivity contribution is -0.117. The molecule has 84 valence electrons. The average molecular weight is 226 g/mol. The van der Waals surface area contributed by atoms with Gasteiger partial charge >= 0.3 is 0 Å². The summed E-state index contributed by atoms with van der Waals surface area (Å²) in [7, 11) is 0. The summed E-state index contributed by atoms with van der Waals surface area (Å²) < 4.78 is 0. The van der Waals surface area contributed by atoms with Gasteiger partial charge in [-0.05, 0) is 12.1 Å². The largest absolute Gasteiger partial charge is 0.383 e. The SMILES string of the molecule is N#CC1CC(=O)N2c3ccccc3C(N)=NC12. The predicted molar refractivity (Wildman–Crippen MR) is 62.2 cm³/mol. The first-order chi connectivity index (χ1) is 8.22. The lowest BCUT2D eigenvalue weighted by atomic mass is 10.1. The third-order valence-electron chi connectivity index (χ3n) is 3.16. The Balaban J connectivity index is 2.19. The number of nitrogens with two attached hydrogens (primary N) is 1. The number of benzene rings is 1. The van der Waals surface area contributed by atoms with Gasteiger partial charge in [0.25, 0.3) is 0 Å². The van der Waals surface area contributed by atoms with E-state index >= 15 is 0 Å². The molecule has 2 aliphatic heterocycles. The second kappa shape index (κ2) is 3.32. The normalized spacial score (nSPS) is 25.9. The number of fused-ring (bicyclic) bond motifs is 3. The van der Waals surface area contributed by atoms with Crippen molar-refractivity contribution < 1.29 is 4.79 Å². The standard InChI is InChI=1S/C12H10N4O/c13-6-7-5-10(17)16-9-4-2-1-3-8(9)11(14)15-12(7)16/h1-4,7,12H,5H2,(H2,14,15). The van der Waals surface area contributed by atoms with E-state index in [-0.39, 0.29) is 12.3 Å². The molecule has 0 spiro atoms. The van der Waals surface area contributed by atoms with Crippen LogP contribution in [-0.2, 0) is 4.79 Å². The molecule has 2 atom stereocenters. The average Bonchev–Trinajstić information content (AvgIpc) is 2.66. The molecule has 0 aromatic heterocycles. The van der Waals surface area contributed by atoms with E-state index in [4.69, 9.17) is 11.0 Å². The maximum Gasteiger partial charge on any atom is 0.230 e. The van der Waals surface area contributed by atoms with Gasteiger partial charge in [-0.1, -0.05) is 12.1 Å². The van der Waals surface area contributed by atoms with Crippen LogP contribution in [-0.4, -0.2) is 17.9 Å². The molecule has 1 saturated heterocycles. The number of nitriles is 1. The molecular weight excluding hydrogens is 216 g/mol. The molecule has 1 aromatic carbocycles. The fourth-order valence-corrected chi connectivity index (χ4v) is 2.37. The molecule has 5 nitrogen and oxygen atoms in total. The van der Waals surface area contributed by atoms with Gasteiger partial charge in [-0.25, -0.2) is 4.99 Å². The quantitative estimate of drug-likeness (QED) is 0.703. The zero-order valence-corrected chi connectivity index (χ0v) is 9.00. The molecule has 2 unspecified atom stereocenters. The van der Waals surface area contributed by atoms with Crippen molar-refractivity contribution in [1.82, 2.24) is 0 Å². The van der Waals surface area contributed by atoms with E-state index in [0.717, 1.165) is 11.3 Å². The number of aliphatic imine (C=N–C) groups is 1. The lowest BCUT2D eigenvalue weighted by Crippen LogP contribution is -2.40. The van der Waals surface area contributed by atoms with Crippen molar-refractivity contribution >= 4 is 17.4 Å². The van der Waals surface area contributed by atoms with Crippen molar-refractivity contribution in [2.75, 3.05) is 4.90 Å². The summed E-state index contributed by atoms with van der Waals surface area (Å²) in [6, 6.07) is 9.49. The van der Waals surface area contributed by atoms with Gasteiger partial charge in [0.2, 0.25) is 5.91 Å². The number of nitrogens with zero attached hydrogens (tertiary/aromatic N) is 3. The minimum atomic E-state index is -0.456. The molecule has 0 saturated carbocycles. The highest BCUT2D eigenvalue weighted by Gasteiger charge is 2.43. The number of para-hydroxylation sites is 1. The van der Waals surface area contributed by atoms with E-state index in [2.05, 4.69) is 11.1 Å². The minimum absolute atomic E-state index is 0.0646. The third kappa shape index (κ3) is 1.24. The van der Waals surface area contributed by atoms with Gasteiger partial charge in [0.15, 0.2) is 0 Å². The molecule has 0 bridgehead atoms. The maximum absolute atomic E-state index is 11.9. The number of carbonyl (C=O) groups is 1. The number of hydrogen-bond donors (Lipinski definition) is 1. The van der Waals surface area contributed by atoms with Gasteiger partial charge in [-0.15, -0.1) is 0 Å². The molecule has 0 radical (unpaired) electrons. The maximum atomic E-state index is 11.9. The van der Waals surface area contributed by atoms with Crippen molar-refractivity contribution in [2.45, 2.75) is 12.6 Å². The van der Waals surface area contributed by atoms with Gasteiger partial charge < -0.3 is 5.73 Å². The number of rotatable bonds is 0. The van der Waals surface area contributed by atoms with Crippen LogP contribution < -0.4 is 10.6 Å². The van der Waals surface area contributed by atoms with Crippen molar-refractivity contribution in [3.8, 4) is 6.07 Å². The van der Waals surface area contributed by atoms with Crippen LogP contribution >= 0.6 is 0 Å². The van der Waals surface area contributed by atoms with Crippen LogP contribution in [0.3, 0.4) is 0 Å². The summed E-state index contributed by atoms with van der Waals surface area (Å²) in [5.41, 5.74) is 7.38. The monoisotopic (exact) mass is 226 g/mol. The first kappa shape index (κ1) is 9.85. The fourth-order valence-electron chi connectivity index (χ4n) is 2.37. The van der Waals surface area contributed by atoms with E-state index in [1.54, 1.807) is 4.90 Å². The van der Waals surface area contributed by atoms with Crippen LogP contribution in [0.25, 0.3) is 0 Å². The molecule has 2 heterocycles. The molecule has 3 rings (SSSR count). The zero-order valence-electron chi connectivity index (χ0n) is 9.00. The first-order valence-corrected chi connectivity index (χ1v) is 5.36. The number of hydrogen-bond acceptors (Lipinski definition) is 4. The molecule has 2 N–H and O–H groups in total. The molecule has 5 heteroatoms. The van der Waals surface area contributed by atoms with Crippen LogP contribution in [0.15, 0.2) is 29.3 Å². The van der Waals surface area contributed by atoms with E-state index in [9.17, 15) is 4.79 Å². The van der Waals surface area contributed by atoms with Crippen molar-refractivity contribution in [3.63, 3.8) is 0 Å². The highest BCUT2D eigenvalue weighted by molar-refractivity contribution is 6.10. The highest BCUT2D eigenvalue weighted by atomic mass is 16.2. The van der Waals surface area contributed by atoms with Crippen LogP contribution in [0.2, 0.25) is 0 Å². The second-order valence-electron chi connectivity index (χ2n) is 4.15. The van der Waals surface area contributed by atoms with Crippen molar-refractivity contribution in [2.24, 2.45) is 16.6 Å². The second-order valence-corrected chi connectivity index (χ2v) is 4.15. The Morgan fingerprint density at radius 1 is 1.47 bits per heavy atom. The Kier molecular flexibility index (Phi) is 1.92. The van der Waals surface area contributed by atoms with E-state index in [1.807, 2.05) is 24.3 Å². The Hall–Kier alpha value is -2.35. The summed E-state index contributed by atoms with van der Waals surface area (Å²) in [4.78, 5) is 17.8. The van der Waals surface area contributed by atoms with Crippen LogP contribution in [0.4, 0.5) is 5.69 Å². The van der Waals surface area contributed by atoms with E-state index in [0.29, 0.717) is 5.84 Å². The summed E-state index contributed by atoms with van der Waals surface area (Å²) >= 11 is 0. The van der Waals surface area contributed by atoms with E-state index in [1.165, 1.54) is 0 Å². The first-order valence-electron chi connectivity index (χ1n) is 5.36. The summed E-state index contributed by atoms with van der Waals surface area (Å²) in [5.74, 6) is -0.0727. The number of carbonyl (C=O) groups excluding carboxylic acids is 1. The van der Waals surface area contributed by atoms with Crippen LogP contribution in [0.5, 0.6) is 0 Å². The summed E-state index contributed by atoms with van der Waals surface area (Å²) in [5, 5.41) is 9.02. The summed E-state index contributed by atoms with van der Waals surface area (Å²) in [6.07, 6.45) is -0.242. The Morgan fingerprint density at radius 2 is 2.24 bits per heavy atom. The third-order valence-corrected chi connectivity index (χ3v) is 3.16. The Morgan fingerprint density at radius 3 is 3.00 bits per heavy atom. The molecule has 1 aromatic rings. The molecule has 1 fully saturated rings. The number of amidine groups is 1. The molecular formula is C12H10N4O. The van der Waals surface area contributed by atoms with Crippen LogP contribution in [0.1, 0.15) is 12.0 Å². The van der Waals surface area contributed by atoms with Crippen LogP contribution in [0, 0.1) is 17.2 Å². The van der Waals surface area contributed by atoms with Gasteiger partial charge in [-0.3, -0.25) is 9.69 Å². The zero-order chi connectivity index (χ0) is 12.0. The Bertz CT molecular complexity index is 572. The minimum Gasteiger partial charge on any atom is -0.383 e. The van der Waals surface area contributed by atoms with Gasteiger partial charge in [-0.2, -0.15) is 5.26 Å². The Labute approximate surface area is 98.2 Å².